The van der Waals surface area contributed by atoms with Gasteiger partial charge in [0.05, 0.1) is 10.0 Å². The maximum absolute atomic E-state index is 12.2. The van der Waals surface area contributed by atoms with Gasteiger partial charge in [-0.05, 0) is 19.1 Å². The first-order valence-corrected chi connectivity index (χ1v) is 6.61. The molecular weight excluding hydrogens is 299 g/mol. The first kappa shape index (κ1) is 14.6. The lowest BCUT2D eigenvalue weighted by Gasteiger charge is -2.06. The summed E-state index contributed by atoms with van der Waals surface area (Å²) in [4.78, 5) is 12.2. The second-order valence-corrected chi connectivity index (χ2v) is 4.87. The number of carbonyl (C=O) groups excluding carboxylic acids is 1. The summed E-state index contributed by atoms with van der Waals surface area (Å²) < 4.78 is 5.11. The van der Waals surface area contributed by atoms with E-state index in [-0.39, 0.29) is 5.91 Å². The van der Waals surface area contributed by atoms with Gasteiger partial charge < -0.3 is 9.84 Å². The molecule has 1 aromatic heterocycles. The number of aromatic nitrogens is 1. The Morgan fingerprint density at radius 2 is 2.10 bits per heavy atom. The Morgan fingerprint density at radius 3 is 2.70 bits per heavy atom. The average Bonchev–Trinajstić information content (AvgIpc) is 2.78. The fraction of sp³-hybridized carbons (Fsp3) is 0.143. The van der Waals surface area contributed by atoms with Crippen molar-refractivity contribution in [2.75, 3.05) is 6.54 Å². The van der Waals surface area contributed by atoms with Crippen LogP contribution in [0.1, 0.15) is 16.1 Å². The van der Waals surface area contributed by atoms with Gasteiger partial charge in [0.25, 0.3) is 5.91 Å². The molecule has 2 rings (SSSR count). The van der Waals surface area contributed by atoms with Crippen LogP contribution in [0.4, 0.5) is 0 Å². The van der Waals surface area contributed by atoms with Gasteiger partial charge in [-0.25, -0.2) is 0 Å². The van der Waals surface area contributed by atoms with Gasteiger partial charge >= 0.3 is 0 Å². The Bertz CT molecular complexity index is 645. The Morgan fingerprint density at radius 1 is 1.45 bits per heavy atom. The van der Waals surface area contributed by atoms with Crippen LogP contribution in [0.5, 0.6) is 0 Å². The molecule has 1 N–H and O–H groups in total. The number of hydrogen-bond donors (Lipinski definition) is 1. The SMILES string of the molecule is C=CCNC(=O)c1c(-c2c(Cl)cccc2Cl)noc1C. The van der Waals surface area contributed by atoms with Gasteiger partial charge in [-0.2, -0.15) is 0 Å². The number of rotatable bonds is 4. The third-order valence-corrected chi connectivity index (χ3v) is 3.33. The van der Waals surface area contributed by atoms with Gasteiger partial charge in [0, 0.05) is 12.1 Å². The van der Waals surface area contributed by atoms with Crippen molar-refractivity contribution in [3.8, 4) is 11.3 Å². The lowest BCUT2D eigenvalue weighted by molar-refractivity contribution is 0.0957. The molecule has 4 nitrogen and oxygen atoms in total. The number of amides is 1. The number of nitrogens with zero attached hydrogens (tertiary/aromatic N) is 1. The molecule has 0 bridgehead atoms. The predicted octanol–water partition coefficient (Wildman–Crippen LogP) is 3.87. The molecule has 0 aliphatic rings. The third-order valence-electron chi connectivity index (χ3n) is 2.70. The lowest BCUT2D eigenvalue weighted by Crippen LogP contribution is -2.24. The van der Waals surface area contributed by atoms with Gasteiger partial charge in [0.15, 0.2) is 0 Å². The van der Waals surface area contributed by atoms with Crippen molar-refractivity contribution in [1.29, 1.82) is 0 Å². The Hall–Kier alpha value is -1.78. The van der Waals surface area contributed by atoms with Crippen LogP contribution in [-0.2, 0) is 0 Å². The third kappa shape index (κ3) is 2.71. The first-order chi connectivity index (χ1) is 9.56. The van der Waals surface area contributed by atoms with E-state index in [4.69, 9.17) is 27.7 Å². The van der Waals surface area contributed by atoms with Gasteiger partial charge in [-0.15, -0.1) is 6.58 Å². The monoisotopic (exact) mass is 310 g/mol. The molecule has 104 valence electrons. The number of aryl methyl sites for hydroxylation is 1. The van der Waals surface area contributed by atoms with Crippen molar-refractivity contribution in [2.45, 2.75) is 6.92 Å². The lowest BCUT2D eigenvalue weighted by atomic mass is 10.1. The fourth-order valence-corrected chi connectivity index (χ4v) is 2.36. The highest BCUT2D eigenvalue weighted by molar-refractivity contribution is 6.39. The van der Waals surface area contributed by atoms with Crippen LogP contribution in [0.15, 0.2) is 35.4 Å². The minimum atomic E-state index is -0.311. The second kappa shape index (κ2) is 6.11. The second-order valence-electron chi connectivity index (χ2n) is 4.06. The van der Waals surface area contributed by atoms with Gasteiger partial charge in [-0.3, -0.25) is 4.79 Å². The van der Waals surface area contributed by atoms with Crippen LogP contribution >= 0.6 is 23.2 Å². The van der Waals surface area contributed by atoms with E-state index in [1.165, 1.54) is 0 Å². The molecule has 0 fully saturated rings. The normalized spacial score (nSPS) is 10.3. The quantitative estimate of drug-likeness (QED) is 0.872. The average molecular weight is 311 g/mol. The Labute approximate surface area is 126 Å². The van der Waals surface area contributed by atoms with E-state index in [0.29, 0.717) is 39.2 Å². The summed E-state index contributed by atoms with van der Waals surface area (Å²) in [6.07, 6.45) is 1.59. The van der Waals surface area contributed by atoms with Gasteiger partial charge in [0.2, 0.25) is 0 Å². The maximum Gasteiger partial charge on any atom is 0.257 e. The Kier molecular flexibility index (Phi) is 4.47. The van der Waals surface area contributed by atoms with Crippen molar-refractivity contribution < 1.29 is 9.32 Å². The molecule has 0 unspecified atom stereocenters. The van der Waals surface area contributed by atoms with E-state index in [0.717, 1.165) is 0 Å². The summed E-state index contributed by atoms with van der Waals surface area (Å²) in [6.45, 7) is 5.55. The summed E-state index contributed by atoms with van der Waals surface area (Å²) >= 11 is 12.3. The summed E-state index contributed by atoms with van der Waals surface area (Å²) in [5.74, 6) is 0.0900. The van der Waals surface area contributed by atoms with Gasteiger partial charge in [-0.1, -0.05) is 40.5 Å². The summed E-state index contributed by atoms with van der Waals surface area (Å²) in [5, 5.41) is 7.40. The Balaban J connectivity index is 2.54. The van der Waals surface area contributed by atoms with Crippen molar-refractivity contribution in [3.63, 3.8) is 0 Å². The highest BCUT2D eigenvalue weighted by Crippen LogP contribution is 2.36. The van der Waals surface area contributed by atoms with E-state index >= 15 is 0 Å². The number of carbonyl (C=O) groups is 1. The molecule has 0 spiro atoms. The van der Waals surface area contributed by atoms with Crippen molar-refractivity contribution >= 4 is 29.1 Å². The molecule has 0 aliphatic heterocycles. The van der Waals surface area contributed by atoms with Crippen LogP contribution in [0, 0.1) is 6.92 Å². The zero-order valence-electron chi connectivity index (χ0n) is 10.7. The molecule has 0 saturated heterocycles. The maximum atomic E-state index is 12.2. The van der Waals surface area contributed by atoms with E-state index in [1.54, 1.807) is 31.2 Å². The molecule has 20 heavy (non-hydrogen) atoms. The van der Waals surface area contributed by atoms with E-state index in [2.05, 4.69) is 17.1 Å². The number of hydrogen-bond acceptors (Lipinski definition) is 3. The van der Waals surface area contributed by atoms with Crippen LogP contribution in [0.3, 0.4) is 0 Å². The largest absolute Gasteiger partial charge is 0.360 e. The van der Waals surface area contributed by atoms with Crippen LogP contribution in [0.2, 0.25) is 10.0 Å². The van der Waals surface area contributed by atoms with E-state index in [1.807, 2.05) is 0 Å². The molecule has 6 heteroatoms. The van der Waals surface area contributed by atoms with Crippen LogP contribution in [-0.4, -0.2) is 17.6 Å². The standard InChI is InChI=1S/C14H12Cl2N2O2/c1-3-7-17-14(19)11-8(2)20-18-13(11)12-9(15)5-4-6-10(12)16/h3-6H,1,7H2,2H3,(H,17,19). The minimum absolute atomic E-state index is 0.311. The smallest absolute Gasteiger partial charge is 0.257 e. The molecular formula is C14H12Cl2N2O2. The molecule has 0 aliphatic carbocycles. The van der Waals surface area contributed by atoms with Crippen molar-refractivity contribution in [3.05, 3.63) is 52.2 Å². The number of nitrogens with one attached hydrogen (secondary N) is 1. The number of halogens is 2. The topological polar surface area (TPSA) is 55.1 Å². The van der Waals surface area contributed by atoms with Crippen LogP contribution in [0.25, 0.3) is 11.3 Å². The summed E-state index contributed by atoms with van der Waals surface area (Å²) in [7, 11) is 0. The van der Waals surface area contributed by atoms with E-state index < -0.39 is 0 Å². The van der Waals surface area contributed by atoms with Crippen molar-refractivity contribution in [1.82, 2.24) is 10.5 Å². The molecule has 0 atom stereocenters. The number of benzene rings is 1. The van der Waals surface area contributed by atoms with E-state index in [9.17, 15) is 4.79 Å². The highest BCUT2D eigenvalue weighted by Gasteiger charge is 2.24. The molecule has 2 aromatic rings. The predicted molar refractivity (Wildman–Crippen MR) is 79.2 cm³/mol. The molecule has 0 saturated carbocycles. The molecule has 1 aromatic carbocycles. The zero-order valence-corrected chi connectivity index (χ0v) is 12.3. The van der Waals surface area contributed by atoms with Crippen LogP contribution < -0.4 is 5.32 Å². The summed E-state index contributed by atoms with van der Waals surface area (Å²) in [5.41, 5.74) is 1.14. The minimum Gasteiger partial charge on any atom is -0.360 e. The fourth-order valence-electron chi connectivity index (χ4n) is 1.79. The zero-order chi connectivity index (χ0) is 14.7. The first-order valence-electron chi connectivity index (χ1n) is 5.86. The van der Waals surface area contributed by atoms with Crippen molar-refractivity contribution in [2.24, 2.45) is 0 Å². The van der Waals surface area contributed by atoms with Gasteiger partial charge in [0.1, 0.15) is 17.0 Å². The highest BCUT2D eigenvalue weighted by atomic mass is 35.5. The summed E-state index contributed by atoms with van der Waals surface area (Å²) in [6, 6.07) is 5.08. The molecule has 1 amide bonds. The molecule has 1 heterocycles. The molecule has 0 radical (unpaired) electrons.